The highest BCUT2D eigenvalue weighted by Crippen LogP contribution is 2.30. The van der Waals surface area contributed by atoms with E-state index in [0.29, 0.717) is 5.56 Å². The minimum atomic E-state index is -0.605. The van der Waals surface area contributed by atoms with Crippen molar-refractivity contribution in [1.29, 1.82) is 0 Å². The van der Waals surface area contributed by atoms with Gasteiger partial charge in [0.25, 0.3) is 5.91 Å². The van der Waals surface area contributed by atoms with E-state index in [1.807, 2.05) is 54.6 Å². The van der Waals surface area contributed by atoms with Gasteiger partial charge in [-0.05, 0) is 51.4 Å². The van der Waals surface area contributed by atoms with E-state index in [4.69, 9.17) is 4.74 Å². The summed E-state index contributed by atoms with van der Waals surface area (Å²) in [6, 6.07) is 26.8. The van der Waals surface area contributed by atoms with Crippen LogP contribution in [0.4, 0.5) is 0 Å². The molecule has 0 heterocycles. The summed E-state index contributed by atoms with van der Waals surface area (Å²) in [5.74, 6) is -0.974. The first kappa shape index (κ1) is 18.4. The molecule has 4 aromatic rings. The molecule has 0 aliphatic rings. The highest BCUT2D eigenvalue weighted by molar-refractivity contribution is 6.10. The number of carbonyl (C=O) groups is 2. The minimum absolute atomic E-state index is 0.0860. The fraction of sp³-hybridized carbons (Fsp3) is 0.0400. The average molecular weight is 381 g/mol. The number of esters is 1. The molecule has 4 nitrogen and oxygen atoms in total. The van der Waals surface area contributed by atoms with Crippen molar-refractivity contribution in [2.45, 2.75) is 0 Å². The quantitative estimate of drug-likeness (QED) is 0.310. The minimum Gasteiger partial charge on any atom is -0.464 e. The third-order valence-corrected chi connectivity index (χ3v) is 4.79. The van der Waals surface area contributed by atoms with Gasteiger partial charge in [-0.3, -0.25) is 4.79 Å². The molecule has 0 aliphatic heterocycles. The van der Waals surface area contributed by atoms with Crippen molar-refractivity contribution in [2.75, 3.05) is 7.11 Å². The lowest BCUT2D eigenvalue weighted by molar-refractivity contribution is -0.136. The Hall–Kier alpha value is -3.92. The Morgan fingerprint density at radius 1 is 0.793 bits per heavy atom. The van der Waals surface area contributed by atoms with Crippen molar-refractivity contribution in [3.63, 3.8) is 0 Å². The number of nitrogens with one attached hydrogen (secondary N) is 1. The molecule has 0 unspecified atom stereocenters. The first-order chi connectivity index (χ1) is 14.2. The Kier molecular flexibility index (Phi) is 5.08. The molecule has 0 aliphatic carbocycles. The van der Waals surface area contributed by atoms with Crippen molar-refractivity contribution in [1.82, 2.24) is 5.32 Å². The molecule has 1 N–H and O–H groups in total. The maximum atomic E-state index is 12.6. The molecule has 0 aromatic heterocycles. The standard InChI is InChI=1S/C25H19NO3/c1-29-25(28)23(26-24(27)17-9-3-2-4-10-17)16-22-20-13-7-5-11-18(20)15-19-12-6-8-14-21(19)22/h2-16H,1H3,(H,26,27). The third-order valence-electron chi connectivity index (χ3n) is 4.79. The van der Waals surface area contributed by atoms with Gasteiger partial charge >= 0.3 is 5.97 Å². The number of benzene rings is 4. The first-order valence-electron chi connectivity index (χ1n) is 9.24. The predicted octanol–water partition coefficient (Wildman–Crippen LogP) is 4.94. The van der Waals surface area contributed by atoms with Gasteiger partial charge in [0.15, 0.2) is 0 Å². The smallest absolute Gasteiger partial charge is 0.354 e. The average Bonchev–Trinajstić information content (AvgIpc) is 2.78. The van der Waals surface area contributed by atoms with Gasteiger partial charge in [-0.1, -0.05) is 66.7 Å². The molecule has 29 heavy (non-hydrogen) atoms. The summed E-state index contributed by atoms with van der Waals surface area (Å²) >= 11 is 0. The monoisotopic (exact) mass is 381 g/mol. The second kappa shape index (κ2) is 7.98. The molecule has 4 aromatic carbocycles. The molecule has 1 amide bonds. The second-order valence-electron chi connectivity index (χ2n) is 6.60. The van der Waals surface area contributed by atoms with Crippen LogP contribution in [-0.4, -0.2) is 19.0 Å². The fourth-order valence-corrected chi connectivity index (χ4v) is 3.39. The zero-order valence-corrected chi connectivity index (χ0v) is 15.9. The molecule has 0 radical (unpaired) electrons. The third kappa shape index (κ3) is 3.73. The Balaban J connectivity index is 1.88. The van der Waals surface area contributed by atoms with Crippen LogP contribution >= 0.6 is 0 Å². The summed E-state index contributed by atoms with van der Waals surface area (Å²) in [5.41, 5.74) is 1.40. The van der Waals surface area contributed by atoms with Gasteiger partial charge in [0, 0.05) is 5.56 Å². The summed E-state index contributed by atoms with van der Waals surface area (Å²) in [6.45, 7) is 0. The van der Waals surface area contributed by atoms with E-state index in [-0.39, 0.29) is 11.6 Å². The van der Waals surface area contributed by atoms with Crippen LogP contribution < -0.4 is 5.32 Å². The molecular formula is C25H19NO3. The van der Waals surface area contributed by atoms with Gasteiger partial charge in [-0.2, -0.15) is 0 Å². The molecule has 0 saturated carbocycles. The zero-order chi connectivity index (χ0) is 20.2. The first-order valence-corrected chi connectivity index (χ1v) is 9.24. The summed E-state index contributed by atoms with van der Waals surface area (Å²) in [4.78, 5) is 25.1. The van der Waals surface area contributed by atoms with E-state index >= 15 is 0 Å². The van der Waals surface area contributed by atoms with Gasteiger partial charge in [-0.25, -0.2) is 4.79 Å². The maximum Gasteiger partial charge on any atom is 0.354 e. The van der Waals surface area contributed by atoms with Gasteiger partial charge in [0.2, 0.25) is 0 Å². The van der Waals surface area contributed by atoms with Crippen molar-refractivity contribution in [3.8, 4) is 0 Å². The number of fused-ring (bicyclic) bond motifs is 2. The number of hydrogen-bond acceptors (Lipinski definition) is 3. The van der Waals surface area contributed by atoms with Crippen LogP contribution in [0.3, 0.4) is 0 Å². The largest absolute Gasteiger partial charge is 0.464 e. The number of ether oxygens (including phenoxy) is 1. The second-order valence-corrected chi connectivity index (χ2v) is 6.60. The molecule has 0 fully saturated rings. The van der Waals surface area contributed by atoms with E-state index < -0.39 is 5.97 Å². The predicted molar refractivity (Wildman–Crippen MR) is 115 cm³/mol. The van der Waals surface area contributed by atoms with Gasteiger partial charge in [-0.15, -0.1) is 0 Å². The molecule has 0 atom stereocenters. The number of carbonyl (C=O) groups excluding carboxylic acids is 2. The van der Waals surface area contributed by atoms with Crippen LogP contribution in [-0.2, 0) is 9.53 Å². The van der Waals surface area contributed by atoms with Gasteiger partial charge < -0.3 is 10.1 Å². The fourth-order valence-electron chi connectivity index (χ4n) is 3.39. The Morgan fingerprint density at radius 3 is 1.93 bits per heavy atom. The summed E-state index contributed by atoms with van der Waals surface area (Å²) in [6.07, 6.45) is 1.69. The lowest BCUT2D eigenvalue weighted by Gasteiger charge is -2.12. The normalized spacial score (nSPS) is 11.4. The van der Waals surface area contributed by atoms with E-state index in [0.717, 1.165) is 27.1 Å². The lowest BCUT2D eigenvalue weighted by atomic mass is 9.96. The van der Waals surface area contributed by atoms with E-state index in [9.17, 15) is 9.59 Å². The van der Waals surface area contributed by atoms with Crippen LogP contribution in [0.1, 0.15) is 15.9 Å². The molecule has 142 valence electrons. The van der Waals surface area contributed by atoms with E-state index in [1.54, 1.807) is 30.3 Å². The highest BCUT2D eigenvalue weighted by Gasteiger charge is 2.16. The van der Waals surface area contributed by atoms with Crippen molar-refractivity contribution < 1.29 is 14.3 Å². The Labute approximate surface area is 168 Å². The van der Waals surface area contributed by atoms with Gasteiger partial charge in [0.1, 0.15) is 5.70 Å². The summed E-state index contributed by atoms with van der Waals surface area (Å²) in [5, 5.41) is 6.79. The van der Waals surface area contributed by atoms with Crippen molar-refractivity contribution in [2.24, 2.45) is 0 Å². The Morgan fingerprint density at radius 2 is 1.34 bits per heavy atom. The molecule has 4 rings (SSSR count). The van der Waals surface area contributed by atoms with Crippen LogP contribution in [0.15, 0.2) is 90.6 Å². The van der Waals surface area contributed by atoms with Crippen LogP contribution in [0.2, 0.25) is 0 Å². The zero-order valence-electron chi connectivity index (χ0n) is 15.9. The van der Waals surface area contributed by atoms with Crippen LogP contribution in [0.25, 0.3) is 27.6 Å². The number of hydrogen-bond donors (Lipinski definition) is 1. The van der Waals surface area contributed by atoms with E-state index in [1.165, 1.54) is 7.11 Å². The van der Waals surface area contributed by atoms with E-state index in [2.05, 4.69) is 11.4 Å². The molecule has 0 spiro atoms. The topological polar surface area (TPSA) is 55.4 Å². The molecule has 0 saturated heterocycles. The van der Waals surface area contributed by atoms with Crippen LogP contribution in [0.5, 0.6) is 0 Å². The number of methoxy groups -OCH3 is 1. The van der Waals surface area contributed by atoms with Crippen molar-refractivity contribution in [3.05, 3.63) is 102 Å². The SMILES string of the molecule is COC(=O)C(=Cc1c2ccccc2cc2ccccc12)NC(=O)c1ccccc1. The van der Waals surface area contributed by atoms with Crippen LogP contribution in [0, 0.1) is 0 Å². The maximum absolute atomic E-state index is 12.6. The number of rotatable bonds is 4. The molecular weight excluding hydrogens is 362 g/mol. The Bertz CT molecular complexity index is 1190. The summed E-state index contributed by atoms with van der Waals surface area (Å²) in [7, 11) is 1.30. The summed E-state index contributed by atoms with van der Waals surface area (Å²) < 4.78 is 4.92. The highest BCUT2D eigenvalue weighted by atomic mass is 16.5. The van der Waals surface area contributed by atoms with Gasteiger partial charge in [0.05, 0.1) is 7.11 Å². The molecule has 4 heteroatoms. The van der Waals surface area contributed by atoms with Crippen molar-refractivity contribution >= 4 is 39.5 Å². The number of amides is 1. The lowest BCUT2D eigenvalue weighted by Crippen LogP contribution is -2.28. The molecule has 0 bridgehead atoms.